The number of fused-ring (bicyclic) bond motifs is 1. The maximum Gasteiger partial charge on any atom is 0.301 e. The number of anilines is 1. The number of carbonyl (C=O) groups is 2. The van der Waals surface area contributed by atoms with Crippen LogP contribution in [-0.2, 0) is 9.59 Å². The van der Waals surface area contributed by atoms with Crippen LogP contribution < -0.4 is 14.4 Å². The van der Waals surface area contributed by atoms with Gasteiger partial charge in [-0.2, -0.15) is 0 Å². The molecule has 1 amide bonds. The Labute approximate surface area is 235 Å². The summed E-state index contributed by atoms with van der Waals surface area (Å²) in [7, 11) is 0. The summed E-state index contributed by atoms with van der Waals surface area (Å²) in [5, 5.41) is 11.6. The largest absolute Gasteiger partial charge is 0.507 e. The smallest absolute Gasteiger partial charge is 0.301 e. The quantitative estimate of drug-likeness (QED) is 0.0970. The van der Waals surface area contributed by atoms with Gasteiger partial charge in [0.2, 0.25) is 0 Å². The van der Waals surface area contributed by atoms with Crippen molar-refractivity contribution >= 4 is 44.1 Å². The first kappa shape index (κ1) is 27.3. The summed E-state index contributed by atoms with van der Waals surface area (Å²) in [4.78, 5) is 33.0. The first-order chi connectivity index (χ1) is 19.4. The molecule has 1 aromatic heterocycles. The van der Waals surface area contributed by atoms with Crippen LogP contribution in [0.3, 0.4) is 0 Å². The lowest BCUT2D eigenvalue weighted by molar-refractivity contribution is -0.132. The van der Waals surface area contributed by atoms with Crippen molar-refractivity contribution < 1.29 is 28.6 Å². The van der Waals surface area contributed by atoms with Gasteiger partial charge in [0.1, 0.15) is 23.1 Å². The molecule has 7 nitrogen and oxygen atoms in total. The molecule has 1 aliphatic rings. The molecule has 3 aromatic carbocycles. The topological polar surface area (TPSA) is 89.0 Å². The van der Waals surface area contributed by atoms with Gasteiger partial charge in [-0.25, -0.2) is 9.37 Å². The number of unbranched alkanes of at least 4 members (excludes halogenated alkanes) is 2. The number of ketones is 1. The van der Waals surface area contributed by atoms with Gasteiger partial charge in [0.25, 0.3) is 5.78 Å². The van der Waals surface area contributed by atoms with E-state index >= 15 is 0 Å². The van der Waals surface area contributed by atoms with E-state index in [1.54, 1.807) is 30.3 Å². The van der Waals surface area contributed by atoms with E-state index in [0.717, 1.165) is 24.0 Å². The van der Waals surface area contributed by atoms with Gasteiger partial charge in [-0.05, 0) is 73.5 Å². The molecular formula is C31H29FN2O5S. The highest BCUT2D eigenvalue weighted by atomic mass is 32.1. The molecule has 4 aromatic rings. The summed E-state index contributed by atoms with van der Waals surface area (Å²) in [6, 6.07) is 16.7. The highest BCUT2D eigenvalue weighted by molar-refractivity contribution is 7.22. The predicted octanol–water partition coefficient (Wildman–Crippen LogP) is 7.03. The fourth-order valence-corrected chi connectivity index (χ4v) is 5.70. The zero-order valence-electron chi connectivity index (χ0n) is 22.2. The van der Waals surface area contributed by atoms with Crippen molar-refractivity contribution in [1.29, 1.82) is 0 Å². The fourth-order valence-electron chi connectivity index (χ4n) is 4.68. The Balaban J connectivity index is 1.63. The lowest BCUT2D eigenvalue weighted by Gasteiger charge is -2.23. The molecule has 206 valence electrons. The number of Topliss-reactive ketones (excluding diaryl/α,β-unsaturated/α-hetero) is 1. The number of ether oxygens (including phenoxy) is 2. The molecule has 5 rings (SSSR count). The molecule has 9 heteroatoms. The Hall–Kier alpha value is -4.24. The van der Waals surface area contributed by atoms with Crippen LogP contribution in [0.4, 0.5) is 9.52 Å². The highest BCUT2D eigenvalue weighted by Crippen LogP contribution is 2.45. The van der Waals surface area contributed by atoms with Crippen molar-refractivity contribution in [3.8, 4) is 11.5 Å². The Bertz CT molecular complexity index is 1580. The first-order valence-corrected chi connectivity index (χ1v) is 14.1. The summed E-state index contributed by atoms with van der Waals surface area (Å²) in [6.07, 6.45) is 3.01. The number of amides is 1. The van der Waals surface area contributed by atoms with Crippen LogP contribution in [0.1, 0.15) is 50.3 Å². The zero-order valence-corrected chi connectivity index (χ0v) is 23.0. The molecule has 0 saturated carbocycles. The summed E-state index contributed by atoms with van der Waals surface area (Å²) in [6.45, 7) is 5.05. The molecule has 0 spiro atoms. The van der Waals surface area contributed by atoms with E-state index in [2.05, 4.69) is 11.9 Å². The van der Waals surface area contributed by atoms with Gasteiger partial charge in [-0.15, -0.1) is 0 Å². The molecule has 1 N–H and O–H groups in total. The van der Waals surface area contributed by atoms with Crippen LogP contribution >= 0.6 is 11.3 Å². The van der Waals surface area contributed by atoms with Crippen molar-refractivity contribution in [3.63, 3.8) is 0 Å². The number of hydrogen-bond acceptors (Lipinski definition) is 7. The van der Waals surface area contributed by atoms with Gasteiger partial charge < -0.3 is 14.6 Å². The molecule has 0 radical (unpaired) electrons. The molecular weight excluding hydrogens is 531 g/mol. The molecule has 0 aliphatic carbocycles. The van der Waals surface area contributed by atoms with Gasteiger partial charge >= 0.3 is 5.91 Å². The molecule has 1 aliphatic heterocycles. The summed E-state index contributed by atoms with van der Waals surface area (Å²) < 4.78 is 25.9. The van der Waals surface area contributed by atoms with Crippen LogP contribution in [0, 0.1) is 5.82 Å². The Morgan fingerprint density at radius 1 is 1.00 bits per heavy atom. The zero-order chi connectivity index (χ0) is 28.2. The van der Waals surface area contributed by atoms with Gasteiger partial charge in [0.15, 0.2) is 5.13 Å². The maximum absolute atomic E-state index is 13.6. The normalized spacial score (nSPS) is 16.6. The van der Waals surface area contributed by atoms with Crippen molar-refractivity contribution in [2.75, 3.05) is 18.1 Å². The van der Waals surface area contributed by atoms with Crippen LogP contribution in [0.5, 0.6) is 11.5 Å². The minimum atomic E-state index is -0.976. The summed E-state index contributed by atoms with van der Waals surface area (Å²) in [5.74, 6) is -1.27. The minimum absolute atomic E-state index is 0.103. The molecule has 40 heavy (non-hydrogen) atoms. The third-order valence-electron chi connectivity index (χ3n) is 6.62. The number of aliphatic hydroxyl groups is 1. The predicted molar refractivity (Wildman–Crippen MR) is 153 cm³/mol. The van der Waals surface area contributed by atoms with Crippen molar-refractivity contribution in [2.45, 2.75) is 39.2 Å². The number of nitrogens with zero attached hydrogens (tertiary/aromatic N) is 2. The van der Waals surface area contributed by atoms with E-state index in [1.165, 1.54) is 40.5 Å². The second-order valence-electron chi connectivity index (χ2n) is 9.36. The van der Waals surface area contributed by atoms with Crippen LogP contribution in [-0.4, -0.2) is 35.0 Å². The van der Waals surface area contributed by atoms with Crippen molar-refractivity contribution in [3.05, 3.63) is 89.2 Å². The van der Waals surface area contributed by atoms with Crippen LogP contribution in [0.25, 0.3) is 16.0 Å². The summed E-state index contributed by atoms with van der Waals surface area (Å²) in [5.41, 5.74) is 1.34. The Kier molecular flexibility index (Phi) is 8.11. The molecule has 1 saturated heterocycles. The van der Waals surface area contributed by atoms with Crippen molar-refractivity contribution in [1.82, 2.24) is 4.98 Å². The third kappa shape index (κ3) is 5.42. The maximum atomic E-state index is 13.6. The second-order valence-corrected chi connectivity index (χ2v) is 10.4. The van der Waals surface area contributed by atoms with Crippen LogP contribution in [0.15, 0.2) is 72.3 Å². The first-order valence-electron chi connectivity index (χ1n) is 13.2. The number of aliphatic hydroxyl groups excluding tert-OH is 1. The standard InChI is InChI=1S/C31H29FN2O5S/c1-3-5-6-16-39-22-9-7-8-20(17-22)27-26(28(35)19-10-12-21(32)13-11-19)29(36)30(37)34(27)31-33-24-15-14-23(38-4-2)18-25(24)40-31/h7-15,17-18,27,35H,3-6,16H2,1-2H3/b28-26+. The highest BCUT2D eigenvalue weighted by Gasteiger charge is 2.48. The molecule has 2 heterocycles. The van der Waals surface area contributed by atoms with E-state index in [0.29, 0.717) is 40.9 Å². The van der Waals surface area contributed by atoms with E-state index in [9.17, 15) is 19.1 Å². The number of benzene rings is 3. The number of carbonyl (C=O) groups excluding carboxylic acids is 2. The molecule has 0 bridgehead atoms. The Morgan fingerprint density at radius 3 is 2.52 bits per heavy atom. The lowest BCUT2D eigenvalue weighted by Crippen LogP contribution is -2.29. The third-order valence-corrected chi connectivity index (χ3v) is 7.64. The number of thiazole rings is 1. The average Bonchev–Trinajstić information content (AvgIpc) is 3.49. The fraction of sp³-hybridized carbons (Fsp3) is 0.258. The van der Waals surface area contributed by atoms with E-state index in [-0.39, 0.29) is 16.9 Å². The van der Waals surface area contributed by atoms with Gasteiger partial charge in [0.05, 0.1) is 35.0 Å². The number of halogens is 1. The Morgan fingerprint density at radius 2 is 1.77 bits per heavy atom. The minimum Gasteiger partial charge on any atom is -0.507 e. The molecule has 1 atom stereocenters. The summed E-state index contributed by atoms with van der Waals surface area (Å²) >= 11 is 1.25. The lowest BCUT2D eigenvalue weighted by atomic mass is 9.95. The number of aromatic nitrogens is 1. The number of hydrogen-bond donors (Lipinski definition) is 1. The average molecular weight is 561 g/mol. The number of rotatable bonds is 10. The van der Waals surface area contributed by atoms with Gasteiger partial charge in [0, 0.05) is 5.56 Å². The van der Waals surface area contributed by atoms with Crippen molar-refractivity contribution in [2.24, 2.45) is 0 Å². The molecule has 1 unspecified atom stereocenters. The van der Waals surface area contributed by atoms with E-state index in [4.69, 9.17) is 9.47 Å². The monoisotopic (exact) mass is 560 g/mol. The SMILES string of the molecule is CCCCCOc1cccc(C2/C(=C(\O)c3ccc(F)cc3)C(=O)C(=O)N2c2nc3ccc(OCC)cc3s2)c1. The molecule has 1 fully saturated rings. The van der Waals surface area contributed by atoms with E-state index < -0.39 is 23.5 Å². The van der Waals surface area contributed by atoms with Crippen LogP contribution in [0.2, 0.25) is 0 Å². The van der Waals surface area contributed by atoms with Gasteiger partial charge in [-0.1, -0.05) is 43.2 Å². The second kappa shape index (κ2) is 11.9. The van der Waals surface area contributed by atoms with Gasteiger partial charge in [-0.3, -0.25) is 14.5 Å². The van der Waals surface area contributed by atoms with E-state index in [1.807, 2.05) is 19.1 Å².